The van der Waals surface area contributed by atoms with E-state index in [9.17, 15) is 0 Å². The molecule has 3 heteroatoms. The van der Waals surface area contributed by atoms with Crippen LogP contribution in [0.3, 0.4) is 0 Å². The van der Waals surface area contributed by atoms with Gasteiger partial charge in [0.2, 0.25) is 0 Å². The second-order valence-corrected chi connectivity index (χ2v) is 5.20. The lowest BCUT2D eigenvalue weighted by atomic mass is 9.98. The first-order valence-electron chi connectivity index (χ1n) is 6.87. The van der Waals surface area contributed by atoms with Crippen LogP contribution >= 0.6 is 0 Å². The fourth-order valence-corrected chi connectivity index (χ4v) is 2.65. The molecule has 1 aromatic rings. The maximum atomic E-state index is 6.04. The quantitative estimate of drug-likeness (QED) is 0.870. The molecular formula is C15H24N2O. The number of benzene rings is 1. The zero-order valence-electron chi connectivity index (χ0n) is 11.4. The zero-order valence-corrected chi connectivity index (χ0v) is 11.4. The fourth-order valence-electron chi connectivity index (χ4n) is 2.65. The van der Waals surface area contributed by atoms with E-state index in [4.69, 9.17) is 10.5 Å². The Labute approximate surface area is 110 Å². The molecule has 1 aliphatic rings. The van der Waals surface area contributed by atoms with E-state index in [2.05, 4.69) is 24.0 Å². The molecule has 1 fully saturated rings. The van der Waals surface area contributed by atoms with Crippen LogP contribution in [0, 0.1) is 5.92 Å². The van der Waals surface area contributed by atoms with Gasteiger partial charge in [0.25, 0.3) is 0 Å². The van der Waals surface area contributed by atoms with E-state index >= 15 is 0 Å². The van der Waals surface area contributed by atoms with Crippen molar-refractivity contribution in [1.29, 1.82) is 0 Å². The highest BCUT2D eigenvalue weighted by atomic mass is 16.5. The third-order valence-corrected chi connectivity index (χ3v) is 3.88. The van der Waals surface area contributed by atoms with Crippen LogP contribution in [0.5, 0.6) is 5.75 Å². The molecule has 0 radical (unpaired) electrons. The molecule has 0 saturated carbocycles. The molecule has 0 spiro atoms. The Hall–Kier alpha value is -1.22. The molecule has 0 amide bonds. The molecule has 2 unspecified atom stereocenters. The molecule has 0 aliphatic carbocycles. The Balaban J connectivity index is 1.91. The first-order valence-corrected chi connectivity index (χ1v) is 6.87. The van der Waals surface area contributed by atoms with E-state index in [1.807, 2.05) is 12.1 Å². The minimum absolute atomic E-state index is 0.366. The average Bonchev–Trinajstić information content (AvgIpc) is 2.87. The zero-order chi connectivity index (χ0) is 13.0. The Morgan fingerprint density at radius 3 is 2.72 bits per heavy atom. The molecule has 18 heavy (non-hydrogen) atoms. The summed E-state index contributed by atoms with van der Waals surface area (Å²) in [4.78, 5) is 2.45. The summed E-state index contributed by atoms with van der Waals surface area (Å²) in [5.74, 6) is 1.67. The van der Waals surface area contributed by atoms with Crippen molar-refractivity contribution < 1.29 is 4.74 Å². The van der Waals surface area contributed by atoms with Crippen LogP contribution in [-0.4, -0.2) is 26.2 Å². The van der Waals surface area contributed by atoms with Gasteiger partial charge >= 0.3 is 0 Å². The number of hydrogen-bond donors (Lipinski definition) is 1. The summed E-state index contributed by atoms with van der Waals surface area (Å²) in [6, 6.07) is 8.70. The van der Waals surface area contributed by atoms with E-state index in [-0.39, 0.29) is 0 Å². The molecule has 0 bridgehead atoms. The van der Waals surface area contributed by atoms with Crippen molar-refractivity contribution in [3.05, 3.63) is 24.3 Å². The van der Waals surface area contributed by atoms with Gasteiger partial charge in [0.05, 0.1) is 7.11 Å². The lowest BCUT2D eigenvalue weighted by Gasteiger charge is -2.20. The molecule has 1 saturated heterocycles. The summed E-state index contributed by atoms with van der Waals surface area (Å²) in [5.41, 5.74) is 7.33. The molecular weight excluding hydrogens is 224 g/mol. The smallest absolute Gasteiger partial charge is 0.119 e. The molecule has 1 heterocycles. The van der Waals surface area contributed by atoms with Crippen molar-refractivity contribution in [1.82, 2.24) is 0 Å². The van der Waals surface area contributed by atoms with Crippen LogP contribution in [-0.2, 0) is 0 Å². The molecule has 1 aromatic carbocycles. The van der Waals surface area contributed by atoms with Crippen molar-refractivity contribution in [3.63, 3.8) is 0 Å². The normalized spacial score (nSPS) is 21.1. The van der Waals surface area contributed by atoms with Crippen molar-refractivity contribution in [3.8, 4) is 5.75 Å². The highest BCUT2D eigenvalue weighted by Gasteiger charge is 2.23. The van der Waals surface area contributed by atoms with Crippen LogP contribution in [0.2, 0.25) is 0 Å². The van der Waals surface area contributed by atoms with Gasteiger partial charge < -0.3 is 15.4 Å². The molecule has 0 aromatic heterocycles. The number of nitrogens with zero attached hydrogens (tertiary/aromatic N) is 1. The van der Waals surface area contributed by atoms with Gasteiger partial charge in [-0.05, 0) is 49.4 Å². The highest BCUT2D eigenvalue weighted by Crippen LogP contribution is 2.27. The molecule has 2 N–H and O–H groups in total. The Bertz CT molecular complexity index is 363. The lowest BCUT2D eigenvalue weighted by molar-refractivity contribution is 0.415. The minimum atomic E-state index is 0.366. The minimum Gasteiger partial charge on any atom is -0.497 e. The second-order valence-electron chi connectivity index (χ2n) is 5.20. The molecule has 3 nitrogen and oxygen atoms in total. The fraction of sp³-hybridized carbons (Fsp3) is 0.600. The number of rotatable bonds is 5. The molecule has 100 valence electrons. The lowest BCUT2D eigenvalue weighted by Crippen LogP contribution is -2.25. The van der Waals surface area contributed by atoms with Crippen molar-refractivity contribution in [2.24, 2.45) is 11.7 Å². The monoisotopic (exact) mass is 248 g/mol. The largest absolute Gasteiger partial charge is 0.497 e. The third-order valence-electron chi connectivity index (χ3n) is 3.88. The Kier molecular flexibility index (Phi) is 4.48. The standard InChI is InChI=1S/C15H24N2O/c1-3-13(16)10-12-8-9-17(11-12)14-4-6-15(18-2)7-5-14/h4-7,12-13H,3,8-11,16H2,1-2H3. The van der Waals surface area contributed by atoms with E-state index in [1.54, 1.807) is 7.11 Å². The van der Waals surface area contributed by atoms with Crippen molar-refractivity contribution in [2.75, 3.05) is 25.1 Å². The summed E-state index contributed by atoms with van der Waals surface area (Å²) >= 11 is 0. The predicted octanol–water partition coefficient (Wildman–Crippen LogP) is 2.65. The summed E-state index contributed by atoms with van der Waals surface area (Å²) in [6.45, 7) is 4.45. The van der Waals surface area contributed by atoms with Crippen LogP contribution in [0.1, 0.15) is 26.2 Å². The van der Waals surface area contributed by atoms with E-state index in [0.717, 1.165) is 37.6 Å². The first kappa shape index (κ1) is 13.2. The van der Waals surface area contributed by atoms with Gasteiger partial charge in [-0.3, -0.25) is 0 Å². The first-order chi connectivity index (χ1) is 8.72. The van der Waals surface area contributed by atoms with Gasteiger partial charge in [-0.1, -0.05) is 6.92 Å². The average molecular weight is 248 g/mol. The van der Waals surface area contributed by atoms with E-state index < -0.39 is 0 Å². The van der Waals surface area contributed by atoms with Gasteiger partial charge in [0.1, 0.15) is 5.75 Å². The Morgan fingerprint density at radius 1 is 1.39 bits per heavy atom. The second kappa shape index (κ2) is 6.10. The number of ether oxygens (including phenoxy) is 1. The van der Waals surface area contributed by atoms with Crippen LogP contribution in [0.15, 0.2) is 24.3 Å². The molecule has 1 aliphatic heterocycles. The number of hydrogen-bond acceptors (Lipinski definition) is 3. The maximum Gasteiger partial charge on any atom is 0.119 e. The number of methoxy groups -OCH3 is 1. The van der Waals surface area contributed by atoms with Crippen LogP contribution in [0.25, 0.3) is 0 Å². The van der Waals surface area contributed by atoms with E-state index in [1.165, 1.54) is 12.1 Å². The van der Waals surface area contributed by atoms with Gasteiger partial charge in [-0.2, -0.15) is 0 Å². The highest BCUT2D eigenvalue weighted by molar-refractivity contribution is 5.49. The van der Waals surface area contributed by atoms with Gasteiger partial charge in [-0.25, -0.2) is 0 Å². The topological polar surface area (TPSA) is 38.5 Å². The number of anilines is 1. The van der Waals surface area contributed by atoms with Gasteiger partial charge in [0, 0.05) is 24.8 Å². The summed E-state index contributed by atoms with van der Waals surface area (Å²) in [6.07, 6.45) is 3.50. The SMILES string of the molecule is CCC(N)CC1CCN(c2ccc(OC)cc2)C1. The van der Waals surface area contributed by atoms with Gasteiger partial charge in [0.15, 0.2) is 0 Å². The van der Waals surface area contributed by atoms with Crippen LogP contribution < -0.4 is 15.4 Å². The molecule has 2 atom stereocenters. The van der Waals surface area contributed by atoms with Crippen LogP contribution in [0.4, 0.5) is 5.69 Å². The summed E-state index contributed by atoms with van der Waals surface area (Å²) in [5, 5.41) is 0. The maximum absolute atomic E-state index is 6.04. The summed E-state index contributed by atoms with van der Waals surface area (Å²) < 4.78 is 5.19. The Morgan fingerprint density at radius 2 is 2.11 bits per heavy atom. The van der Waals surface area contributed by atoms with Crippen molar-refractivity contribution >= 4 is 5.69 Å². The van der Waals surface area contributed by atoms with Crippen molar-refractivity contribution in [2.45, 2.75) is 32.2 Å². The predicted molar refractivity (Wildman–Crippen MR) is 76.2 cm³/mol. The third kappa shape index (κ3) is 3.16. The van der Waals surface area contributed by atoms with E-state index in [0.29, 0.717) is 6.04 Å². The van der Waals surface area contributed by atoms with Gasteiger partial charge in [-0.15, -0.1) is 0 Å². The summed E-state index contributed by atoms with van der Waals surface area (Å²) in [7, 11) is 1.70. The molecule has 2 rings (SSSR count). The number of nitrogens with two attached hydrogens (primary N) is 1.